The molecule has 2 heterocycles. The third kappa shape index (κ3) is 2.11. The van der Waals surface area contributed by atoms with Crippen molar-refractivity contribution in [1.82, 2.24) is 15.5 Å². The van der Waals surface area contributed by atoms with Gasteiger partial charge in [-0.25, -0.2) is 4.79 Å². The minimum Gasteiger partial charge on any atom is -0.304 e. The highest BCUT2D eigenvalue weighted by Gasteiger charge is 2.59. The molecule has 1 spiro atoms. The zero-order valence-electron chi connectivity index (χ0n) is 11.4. The number of carbonyl (C=O) groups excluding carboxylic acids is 3. The maximum Gasteiger partial charge on any atom is 0.328 e. The monoisotopic (exact) mass is 307 g/mol. The Kier molecular flexibility index (Phi) is 3.22. The van der Waals surface area contributed by atoms with Gasteiger partial charge in [-0.05, 0) is 24.7 Å². The van der Waals surface area contributed by atoms with Gasteiger partial charge in [0.05, 0.1) is 0 Å². The summed E-state index contributed by atoms with van der Waals surface area (Å²) in [6.45, 7) is 0.821. The summed E-state index contributed by atoms with van der Waals surface area (Å²) in [4.78, 5) is 38.0. The van der Waals surface area contributed by atoms with Crippen LogP contribution in [0.25, 0.3) is 0 Å². The standard InChI is InChI=1S/C14H14ClN3O3/c1-18-6-10(8-2-4-9(15)5-3-8)14(7-18)11(19)16-13(21)17-12(14)20/h2-5,10H,6-7H2,1H3,(H2,16,17,19,20,21). The summed E-state index contributed by atoms with van der Waals surface area (Å²) >= 11 is 5.89. The molecule has 1 aromatic rings. The van der Waals surface area contributed by atoms with Gasteiger partial charge in [-0.1, -0.05) is 23.7 Å². The fraction of sp³-hybridized carbons (Fsp3) is 0.357. The van der Waals surface area contributed by atoms with E-state index in [-0.39, 0.29) is 12.5 Å². The number of rotatable bonds is 1. The lowest BCUT2D eigenvalue weighted by Crippen LogP contribution is -2.64. The Morgan fingerprint density at radius 2 is 1.71 bits per heavy atom. The summed E-state index contributed by atoms with van der Waals surface area (Å²) in [5.41, 5.74) is -0.431. The zero-order chi connectivity index (χ0) is 15.2. The highest BCUT2D eigenvalue weighted by atomic mass is 35.5. The van der Waals surface area contributed by atoms with Crippen molar-refractivity contribution in [2.75, 3.05) is 20.1 Å². The van der Waals surface area contributed by atoms with Gasteiger partial charge in [0.15, 0.2) is 0 Å². The Hall–Kier alpha value is -1.92. The van der Waals surface area contributed by atoms with Crippen LogP contribution >= 0.6 is 11.6 Å². The van der Waals surface area contributed by atoms with Crippen molar-refractivity contribution >= 4 is 29.4 Å². The number of carbonyl (C=O) groups is 3. The number of halogens is 1. The zero-order valence-corrected chi connectivity index (χ0v) is 12.1. The van der Waals surface area contributed by atoms with Gasteiger partial charge < -0.3 is 4.90 Å². The molecule has 0 bridgehead atoms. The van der Waals surface area contributed by atoms with E-state index in [4.69, 9.17) is 11.6 Å². The molecule has 1 atom stereocenters. The molecule has 21 heavy (non-hydrogen) atoms. The van der Waals surface area contributed by atoms with E-state index >= 15 is 0 Å². The van der Waals surface area contributed by atoms with Gasteiger partial charge in [0.25, 0.3) is 0 Å². The molecule has 2 fully saturated rings. The second kappa shape index (κ2) is 4.82. The first kappa shape index (κ1) is 14.0. The molecule has 110 valence electrons. The Morgan fingerprint density at radius 3 is 2.29 bits per heavy atom. The van der Waals surface area contributed by atoms with Crippen LogP contribution in [0.3, 0.4) is 0 Å². The lowest BCUT2D eigenvalue weighted by Gasteiger charge is -2.34. The molecule has 2 aliphatic rings. The molecular formula is C14H14ClN3O3. The van der Waals surface area contributed by atoms with Crippen LogP contribution in [0.5, 0.6) is 0 Å². The smallest absolute Gasteiger partial charge is 0.304 e. The van der Waals surface area contributed by atoms with Crippen LogP contribution in [-0.2, 0) is 9.59 Å². The summed E-state index contributed by atoms with van der Waals surface area (Å²) in [5, 5.41) is 5.01. The second-order valence-electron chi connectivity index (χ2n) is 5.51. The molecular weight excluding hydrogens is 294 g/mol. The van der Waals surface area contributed by atoms with E-state index in [1.807, 2.05) is 24.1 Å². The quantitative estimate of drug-likeness (QED) is 0.750. The molecule has 0 aromatic heterocycles. The normalized spacial score (nSPS) is 25.0. The molecule has 2 saturated heterocycles. The lowest BCUT2D eigenvalue weighted by atomic mass is 9.72. The van der Waals surface area contributed by atoms with Gasteiger partial charge in [-0.2, -0.15) is 0 Å². The topological polar surface area (TPSA) is 78.5 Å². The average Bonchev–Trinajstić information content (AvgIpc) is 2.76. The SMILES string of the molecule is CN1CC(c2ccc(Cl)cc2)C2(C1)C(=O)NC(=O)NC2=O. The number of benzene rings is 1. The summed E-state index contributed by atoms with van der Waals surface area (Å²) in [6, 6.07) is 6.31. The molecule has 2 N–H and O–H groups in total. The molecule has 7 heteroatoms. The molecule has 6 nitrogen and oxygen atoms in total. The lowest BCUT2D eigenvalue weighted by molar-refractivity contribution is -0.144. The Morgan fingerprint density at radius 1 is 1.14 bits per heavy atom. The van der Waals surface area contributed by atoms with E-state index in [1.54, 1.807) is 12.1 Å². The highest BCUT2D eigenvalue weighted by Crippen LogP contribution is 2.44. The third-order valence-electron chi connectivity index (χ3n) is 4.15. The van der Waals surface area contributed by atoms with E-state index < -0.39 is 23.3 Å². The number of likely N-dealkylation sites (N-methyl/N-ethyl adjacent to an activating group) is 1. The van der Waals surface area contributed by atoms with Crippen molar-refractivity contribution in [3.05, 3.63) is 34.9 Å². The number of hydrogen-bond donors (Lipinski definition) is 2. The molecule has 0 radical (unpaired) electrons. The van der Waals surface area contributed by atoms with E-state index in [1.165, 1.54) is 0 Å². The molecule has 2 aliphatic heterocycles. The van der Waals surface area contributed by atoms with Crippen LogP contribution in [0.4, 0.5) is 4.79 Å². The molecule has 1 aromatic carbocycles. The fourth-order valence-electron chi connectivity index (χ4n) is 3.18. The summed E-state index contributed by atoms with van der Waals surface area (Å²) < 4.78 is 0. The number of likely N-dealkylation sites (tertiary alicyclic amines) is 1. The molecule has 3 rings (SSSR count). The van der Waals surface area contributed by atoms with Crippen LogP contribution < -0.4 is 10.6 Å². The number of amides is 4. The van der Waals surface area contributed by atoms with Crippen molar-refractivity contribution < 1.29 is 14.4 Å². The van der Waals surface area contributed by atoms with Crippen molar-refractivity contribution in [2.24, 2.45) is 5.41 Å². The van der Waals surface area contributed by atoms with Crippen LogP contribution in [0, 0.1) is 5.41 Å². The number of nitrogens with one attached hydrogen (secondary N) is 2. The predicted molar refractivity (Wildman–Crippen MR) is 75.8 cm³/mol. The number of imide groups is 2. The van der Waals surface area contributed by atoms with Crippen molar-refractivity contribution in [3.63, 3.8) is 0 Å². The number of urea groups is 1. The molecule has 4 amide bonds. The van der Waals surface area contributed by atoms with Gasteiger partial charge in [0.1, 0.15) is 5.41 Å². The summed E-state index contributed by atoms with van der Waals surface area (Å²) in [7, 11) is 1.84. The second-order valence-corrected chi connectivity index (χ2v) is 5.95. The number of nitrogens with zero attached hydrogens (tertiary/aromatic N) is 1. The minimum atomic E-state index is -1.28. The van der Waals surface area contributed by atoms with Crippen LogP contribution in [-0.4, -0.2) is 42.9 Å². The summed E-state index contributed by atoms with van der Waals surface area (Å²) in [6.07, 6.45) is 0. The van der Waals surface area contributed by atoms with E-state index in [0.717, 1.165) is 5.56 Å². The average molecular weight is 308 g/mol. The summed E-state index contributed by atoms with van der Waals surface area (Å²) in [5.74, 6) is -1.41. The Labute approximate surface area is 126 Å². The molecule has 1 unspecified atom stereocenters. The van der Waals surface area contributed by atoms with Gasteiger partial charge in [-0.15, -0.1) is 0 Å². The van der Waals surface area contributed by atoms with Gasteiger partial charge in [0, 0.05) is 24.0 Å². The van der Waals surface area contributed by atoms with E-state index in [0.29, 0.717) is 11.6 Å². The number of barbiturate groups is 1. The maximum atomic E-state index is 12.4. The van der Waals surface area contributed by atoms with Crippen molar-refractivity contribution in [2.45, 2.75) is 5.92 Å². The first-order valence-corrected chi connectivity index (χ1v) is 6.92. The van der Waals surface area contributed by atoms with E-state index in [9.17, 15) is 14.4 Å². The van der Waals surface area contributed by atoms with Gasteiger partial charge >= 0.3 is 6.03 Å². The number of hydrogen-bond acceptors (Lipinski definition) is 4. The van der Waals surface area contributed by atoms with Crippen LogP contribution in [0.2, 0.25) is 5.02 Å². The highest BCUT2D eigenvalue weighted by molar-refractivity contribution is 6.30. The largest absolute Gasteiger partial charge is 0.328 e. The fourth-order valence-corrected chi connectivity index (χ4v) is 3.30. The predicted octanol–water partition coefficient (Wildman–Crippen LogP) is 0.721. The first-order valence-electron chi connectivity index (χ1n) is 6.54. The van der Waals surface area contributed by atoms with Crippen molar-refractivity contribution in [1.29, 1.82) is 0 Å². The van der Waals surface area contributed by atoms with Crippen molar-refractivity contribution in [3.8, 4) is 0 Å². The van der Waals surface area contributed by atoms with Crippen LogP contribution in [0.15, 0.2) is 24.3 Å². The van der Waals surface area contributed by atoms with Gasteiger partial charge in [0.2, 0.25) is 11.8 Å². The van der Waals surface area contributed by atoms with Crippen LogP contribution in [0.1, 0.15) is 11.5 Å². The first-order chi connectivity index (χ1) is 9.93. The third-order valence-corrected chi connectivity index (χ3v) is 4.40. The molecule has 0 saturated carbocycles. The minimum absolute atomic E-state index is 0.269. The van der Waals surface area contributed by atoms with E-state index in [2.05, 4.69) is 10.6 Å². The van der Waals surface area contributed by atoms with Gasteiger partial charge in [-0.3, -0.25) is 20.2 Å². The Balaban J connectivity index is 2.06. The maximum absolute atomic E-state index is 12.4. The molecule has 0 aliphatic carbocycles. The Bertz CT molecular complexity index is 609.